The van der Waals surface area contributed by atoms with Gasteiger partial charge in [-0.05, 0) is 32.8 Å². The molecule has 0 radical (unpaired) electrons. The predicted octanol–water partition coefficient (Wildman–Crippen LogP) is 2.90. The summed E-state index contributed by atoms with van der Waals surface area (Å²) < 4.78 is 0. The van der Waals surface area contributed by atoms with Crippen LogP contribution < -0.4 is 5.32 Å². The highest BCUT2D eigenvalue weighted by Gasteiger charge is 2.22. The minimum absolute atomic E-state index is 0.0292. The molecule has 1 heterocycles. The maximum atomic E-state index is 10.9. The van der Waals surface area contributed by atoms with Crippen molar-refractivity contribution in [2.24, 2.45) is 0 Å². The van der Waals surface area contributed by atoms with Crippen molar-refractivity contribution < 1.29 is 4.92 Å². The van der Waals surface area contributed by atoms with Crippen LogP contribution in [0.4, 0.5) is 11.5 Å². The largest absolute Gasteiger partial charge is 0.359 e. The normalized spacial score (nSPS) is 11.2. The van der Waals surface area contributed by atoms with Gasteiger partial charge in [-0.15, -0.1) is 0 Å². The summed E-state index contributed by atoms with van der Waals surface area (Å²) in [7, 11) is 0. The van der Waals surface area contributed by atoms with E-state index >= 15 is 0 Å². The minimum Gasteiger partial charge on any atom is -0.359 e. The van der Waals surface area contributed by atoms with E-state index in [0.29, 0.717) is 5.82 Å². The van der Waals surface area contributed by atoms with E-state index in [1.807, 2.05) is 20.8 Å². The molecule has 0 saturated carbocycles. The van der Waals surface area contributed by atoms with E-state index in [0.717, 1.165) is 12.0 Å². The van der Waals surface area contributed by atoms with E-state index in [4.69, 9.17) is 0 Å². The lowest BCUT2D eigenvalue weighted by Gasteiger charge is -2.24. The van der Waals surface area contributed by atoms with Gasteiger partial charge >= 0.3 is 5.69 Å². The molecule has 0 unspecified atom stereocenters. The van der Waals surface area contributed by atoms with Crippen LogP contribution in [0.3, 0.4) is 0 Å². The molecule has 1 aromatic rings. The first kappa shape index (κ1) is 12.4. The van der Waals surface area contributed by atoms with Crippen molar-refractivity contribution in [3.63, 3.8) is 0 Å². The van der Waals surface area contributed by atoms with E-state index in [1.165, 1.54) is 6.07 Å². The third-order valence-corrected chi connectivity index (χ3v) is 2.54. The first-order chi connectivity index (χ1) is 7.35. The number of nitro groups is 1. The number of rotatable bonds is 4. The van der Waals surface area contributed by atoms with E-state index in [-0.39, 0.29) is 11.2 Å². The molecule has 0 aromatic carbocycles. The summed E-state index contributed by atoms with van der Waals surface area (Å²) in [5.41, 5.74) is 0.612. The topological polar surface area (TPSA) is 68.1 Å². The molecule has 0 spiro atoms. The average Bonchev–Trinajstić information content (AvgIpc) is 2.20. The van der Waals surface area contributed by atoms with Gasteiger partial charge in [-0.2, -0.15) is 0 Å². The number of aryl methyl sites for hydroxylation is 1. The summed E-state index contributed by atoms with van der Waals surface area (Å²) >= 11 is 0. The molecule has 5 heteroatoms. The zero-order chi connectivity index (χ0) is 12.3. The van der Waals surface area contributed by atoms with Gasteiger partial charge in [-0.25, -0.2) is 4.98 Å². The number of pyridine rings is 1. The molecule has 0 aliphatic rings. The number of hydrogen-bond acceptors (Lipinski definition) is 4. The van der Waals surface area contributed by atoms with Gasteiger partial charge in [-0.1, -0.05) is 6.92 Å². The molecule has 0 bridgehead atoms. The molecule has 5 nitrogen and oxygen atoms in total. The molecular weight excluding hydrogens is 206 g/mol. The number of nitrogens with one attached hydrogen (secondary N) is 1. The molecule has 0 aliphatic heterocycles. The Morgan fingerprint density at radius 2 is 2.19 bits per heavy atom. The Balaban J connectivity index is 3.09. The highest BCUT2D eigenvalue weighted by molar-refractivity contribution is 5.57. The van der Waals surface area contributed by atoms with Crippen LogP contribution in [0.1, 0.15) is 32.8 Å². The van der Waals surface area contributed by atoms with Crippen LogP contribution in [0.25, 0.3) is 0 Å². The fourth-order valence-electron chi connectivity index (χ4n) is 1.20. The van der Waals surface area contributed by atoms with Gasteiger partial charge in [0, 0.05) is 17.8 Å². The van der Waals surface area contributed by atoms with Crippen molar-refractivity contribution in [1.29, 1.82) is 0 Å². The second kappa shape index (κ2) is 4.47. The summed E-state index contributed by atoms with van der Waals surface area (Å²) in [4.78, 5) is 14.5. The Morgan fingerprint density at radius 1 is 1.56 bits per heavy atom. The van der Waals surface area contributed by atoms with E-state index in [2.05, 4.69) is 10.3 Å². The second-order valence-corrected chi connectivity index (χ2v) is 4.50. The van der Waals surface area contributed by atoms with Gasteiger partial charge < -0.3 is 5.32 Å². The lowest BCUT2D eigenvalue weighted by molar-refractivity contribution is -0.384. The van der Waals surface area contributed by atoms with Crippen molar-refractivity contribution in [2.75, 3.05) is 5.32 Å². The van der Waals surface area contributed by atoms with E-state index in [1.54, 1.807) is 13.1 Å². The first-order valence-corrected chi connectivity index (χ1v) is 5.25. The van der Waals surface area contributed by atoms with Crippen molar-refractivity contribution in [2.45, 2.75) is 39.7 Å². The van der Waals surface area contributed by atoms with Gasteiger partial charge in [0.2, 0.25) is 5.82 Å². The highest BCUT2D eigenvalue weighted by Crippen LogP contribution is 2.26. The fraction of sp³-hybridized carbons (Fsp3) is 0.545. The molecule has 1 N–H and O–H groups in total. The molecule has 1 aromatic heterocycles. The molecule has 0 atom stereocenters. The standard InChI is InChI=1S/C11H17N3O2/c1-5-11(3,4)13-10-9(14(15)16)6-8(2)7-12-10/h6-7H,5H2,1-4H3,(H,12,13). The van der Waals surface area contributed by atoms with Crippen LogP contribution >= 0.6 is 0 Å². The Morgan fingerprint density at radius 3 is 2.69 bits per heavy atom. The smallest absolute Gasteiger partial charge is 0.311 e. The molecule has 16 heavy (non-hydrogen) atoms. The lowest BCUT2D eigenvalue weighted by atomic mass is 10.0. The number of nitrogens with zero attached hydrogens (tertiary/aromatic N) is 2. The van der Waals surface area contributed by atoms with Crippen molar-refractivity contribution in [3.8, 4) is 0 Å². The van der Waals surface area contributed by atoms with Crippen LogP contribution in [-0.4, -0.2) is 15.4 Å². The summed E-state index contributed by atoms with van der Waals surface area (Å²) in [6.45, 7) is 7.78. The molecule has 1 rings (SSSR count). The maximum absolute atomic E-state index is 10.9. The van der Waals surface area contributed by atoms with Gasteiger partial charge in [-0.3, -0.25) is 10.1 Å². The van der Waals surface area contributed by atoms with E-state index < -0.39 is 4.92 Å². The molecule has 0 amide bonds. The van der Waals surface area contributed by atoms with Gasteiger partial charge in [0.05, 0.1) is 4.92 Å². The summed E-state index contributed by atoms with van der Waals surface area (Å²) in [6.07, 6.45) is 2.49. The Kier molecular flexibility index (Phi) is 3.47. The van der Waals surface area contributed by atoms with Crippen LogP contribution in [0, 0.1) is 17.0 Å². The summed E-state index contributed by atoms with van der Waals surface area (Å²) in [5, 5.41) is 14.0. The fourth-order valence-corrected chi connectivity index (χ4v) is 1.20. The van der Waals surface area contributed by atoms with Crippen molar-refractivity contribution >= 4 is 11.5 Å². The van der Waals surface area contributed by atoms with Gasteiger partial charge in [0.15, 0.2) is 0 Å². The Bertz CT molecular complexity index is 402. The maximum Gasteiger partial charge on any atom is 0.311 e. The monoisotopic (exact) mass is 223 g/mol. The quantitative estimate of drug-likeness (QED) is 0.629. The van der Waals surface area contributed by atoms with Crippen molar-refractivity contribution in [3.05, 3.63) is 27.9 Å². The van der Waals surface area contributed by atoms with Crippen LogP contribution in [0.5, 0.6) is 0 Å². The zero-order valence-electron chi connectivity index (χ0n) is 10.1. The lowest BCUT2D eigenvalue weighted by Crippen LogP contribution is -2.30. The molecule has 0 fully saturated rings. The van der Waals surface area contributed by atoms with Crippen molar-refractivity contribution in [1.82, 2.24) is 4.98 Å². The molecular formula is C11H17N3O2. The number of hydrogen-bond donors (Lipinski definition) is 1. The summed E-state index contributed by atoms with van der Waals surface area (Å²) in [6, 6.07) is 1.53. The van der Waals surface area contributed by atoms with Crippen LogP contribution in [0.15, 0.2) is 12.3 Å². The molecule has 88 valence electrons. The molecule has 0 saturated heterocycles. The Labute approximate surface area is 95.0 Å². The summed E-state index contributed by atoms with van der Waals surface area (Å²) in [5.74, 6) is 0.336. The SMILES string of the molecule is CCC(C)(C)Nc1ncc(C)cc1[N+](=O)[O-]. The predicted molar refractivity (Wildman–Crippen MR) is 63.6 cm³/mol. The highest BCUT2D eigenvalue weighted by atomic mass is 16.6. The molecule has 0 aliphatic carbocycles. The number of anilines is 1. The first-order valence-electron chi connectivity index (χ1n) is 5.25. The van der Waals surface area contributed by atoms with Gasteiger partial charge in [0.25, 0.3) is 0 Å². The number of aromatic nitrogens is 1. The second-order valence-electron chi connectivity index (χ2n) is 4.50. The van der Waals surface area contributed by atoms with Crippen LogP contribution in [-0.2, 0) is 0 Å². The van der Waals surface area contributed by atoms with Gasteiger partial charge in [0.1, 0.15) is 0 Å². The third-order valence-electron chi connectivity index (χ3n) is 2.54. The van der Waals surface area contributed by atoms with Crippen LogP contribution in [0.2, 0.25) is 0 Å². The Hall–Kier alpha value is -1.65. The zero-order valence-corrected chi connectivity index (χ0v) is 10.1. The van der Waals surface area contributed by atoms with E-state index in [9.17, 15) is 10.1 Å². The minimum atomic E-state index is -0.409. The average molecular weight is 223 g/mol. The third kappa shape index (κ3) is 2.92.